The summed E-state index contributed by atoms with van der Waals surface area (Å²) >= 11 is 0. The highest BCUT2D eigenvalue weighted by atomic mass is 19.1. The van der Waals surface area contributed by atoms with Gasteiger partial charge in [0.15, 0.2) is 6.61 Å². The van der Waals surface area contributed by atoms with E-state index < -0.39 is 0 Å². The van der Waals surface area contributed by atoms with Crippen molar-refractivity contribution in [1.29, 1.82) is 0 Å². The number of hydrogen-bond acceptors (Lipinski definition) is 3. The zero-order valence-corrected chi connectivity index (χ0v) is 9.34. The van der Waals surface area contributed by atoms with Gasteiger partial charge < -0.3 is 15.4 Å². The lowest BCUT2D eigenvalue weighted by atomic mass is 10.2. The van der Waals surface area contributed by atoms with Crippen LogP contribution < -0.4 is 15.4 Å². The van der Waals surface area contributed by atoms with Gasteiger partial charge in [0.25, 0.3) is 5.91 Å². The third kappa shape index (κ3) is 3.51. The van der Waals surface area contributed by atoms with Crippen molar-refractivity contribution in [3.8, 4) is 5.75 Å². The van der Waals surface area contributed by atoms with Crippen molar-refractivity contribution in [3.05, 3.63) is 29.6 Å². The summed E-state index contributed by atoms with van der Waals surface area (Å²) < 4.78 is 18.3. The number of ether oxygens (including phenoxy) is 1. The van der Waals surface area contributed by atoms with Crippen LogP contribution in [0.3, 0.4) is 0 Å². The van der Waals surface area contributed by atoms with E-state index in [2.05, 4.69) is 10.6 Å². The van der Waals surface area contributed by atoms with Crippen LogP contribution in [0.4, 0.5) is 4.39 Å². The van der Waals surface area contributed by atoms with Gasteiger partial charge in [-0.2, -0.15) is 0 Å². The van der Waals surface area contributed by atoms with Crippen LogP contribution in [0.5, 0.6) is 5.75 Å². The average Bonchev–Trinajstić information content (AvgIpc) is 2.28. The Morgan fingerprint density at radius 3 is 2.81 bits per heavy atom. The topological polar surface area (TPSA) is 50.4 Å². The van der Waals surface area contributed by atoms with Gasteiger partial charge in [0.1, 0.15) is 11.6 Å². The van der Waals surface area contributed by atoms with Crippen LogP contribution in [0.2, 0.25) is 0 Å². The van der Waals surface area contributed by atoms with Gasteiger partial charge in [-0.05, 0) is 25.2 Å². The van der Waals surface area contributed by atoms with E-state index in [1.165, 1.54) is 25.2 Å². The van der Waals surface area contributed by atoms with Gasteiger partial charge in [-0.1, -0.05) is 0 Å². The molecule has 0 aliphatic heterocycles. The lowest BCUT2D eigenvalue weighted by molar-refractivity contribution is -0.122. The minimum atomic E-state index is -0.322. The first kappa shape index (κ1) is 12.4. The van der Waals surface area contributed by atoms with Crippen molar-refractivity contribution in [3.63, 3.8) is 0 Å². The molecule has 0 aromatic heterocycles. The third-order valence-electron chi connectivity index (χ3n) is 2.03. The fourth-order valence-corrected chi connectivity index (χ4v) is 1.23. The maximum atomic E-state index is 13.0. The van der Waals surface area contributed by atoms with Gasteiger partial charge >= 0.3 is 0 Å². The molecule has 0 bridgehead atoms. The number of carbonyl (C=O) groups excluding carboxylic acids is 1. The monoisotopic (exact) mass is 226 g/mol. The van der Waals surface area contributed by atoms with Crippen LogP contribution in [0.1, 0.15) is 5.56 Å². The van der Waals surface area contributed by atoms with E-state index in [4.69, 9.17) is 4.74 Å². The highest BCUT2D eigenvalue weighted by Gasteiger charge is 2.06. The molecule has 1 aromatic carbocycles. The number of hydrogen-bond donors (Lipinski definition) is 2. The van der Waals surface area contributed by atoms with Crippen LogP contribution in [0.15, 0.2) is 18.2 Å². The molecule has 0 unspecified atom stereocenters. The molecule has 5 heteroatoms. The molecule has 2 N–H and O–H groups in total. The Bertz CT molecular complexity index is 369. The van der Waals surface area contributed by atoms with Crippen LogP contribution in [-0.4, -0.2) is 26.6 Å². The Labute approximate surface area is 93.8 Å². The number of rotatable bonds is 5. The Morgan fingerprint density at radius 2 is 2.19 bits per heavy atom. The van der Waals surface area contributed by atoms with Gasteiger partial charge in [-0.3, -0.25) is 4.79 Å². The average molecular weight is 226 g/mol. The second-order valence-corrected chi connectivity index (χ2v) is 3.24. The molecule has 0 saturated carbocycles. The molecular weight excluding hydrogens is 211 g/mol. The molecule has 1 aromatic rings. The van der Waals surface area contributed by atoms with Crippen LogP contribution >= 0.6 is 0 Å². The molecule has 0 radical (unpaired) electrons. The zero-order chi connectivity index (χ0) is 12.0. The summed E-state index contributed by atoms with van der Waals surface area (Å²) in [5, 5.41) is 5.35. The van der Waals surface area contributed by atoms with Gasteiger partial charge in [0, 0.05) is 19.2 Å². The van der Waals surface area contributed by atoms with Crippen LogP contribution in [0.25, 0.3) is 0 Å². The molecule has 0 aliphatic carbocycles. The molecule has 1 rings (SSSR count). The summed E-state index contributed by atoms with van der Waals surface area (Å²) in [4.78, 5) is 11.0. The molecule has 0 saturated heterocycles. The third-order valence-corrected chi connectivity index (χ3v) is 2.03. The van der Waals surface area contributed by atoms with Gasteiger partial charge in [0.2, 0.25) is 0 Å². The minimum Gasteiger partial charge on any atom is -0.483 e. The maximum absolute atomic E-state index is 13.0. The van der Waals surface area contributed by atoms with E-state index >= 15 is 0 Å². The second-order valence-electron chi connectivity index (χ2n) is 3.24. The molecule has 88 valence electrons. The Balaban J connectivity index is 2.73. The van der Waals surface area contributed by atoms with Crippen molar-refractivity contribution in [2.24, 2.45) is 0 Å². The van der Waals surface area contributed by atoms with Gasteiger partial charge in [-0.25, -0.2) is 4.39 Å². The number of carbonyl (C=O) groups is 1. The van der Waals surface area contributed by atoms with Crippen LogP contribution in [-0.2, 0) is 11.3 Å². The van der Waals surface area contributed by atoms with Crippen molar-refractivity contribution in [1.82, 2.24) is 10.6 Å². The predicted octanol–water partition coefficient (Wildman–Crippen LogP) is 0.670. The van der Waals surface area contributed by atoms with E-state index in [0.717, 1.165) is 0 Å². The van der Waals surface area contributed by atoms with Crippen molar-refractivity contribution in [2.75, 3.05) is 20.7 Å². The molecular formula is C11H15FN2O2. The van der Waals surface area contributed by atoms with Crippen molar-refractivity contribution in [2.45, 2.75) is 6.54 Å². The van der Waals surface area contributed by atoms with E-state index in [0.29, 0.717) is 17.9 Å². The second kappa shape index (κ2) is 6.07. The van der Waals surface area contributed by atoms with E-state index in [1.54, 1.807) is 7.05 Å². The molecule has 0 spiro atoms. The smallest absolute Gasteiger partial charge is 0.257 e. The number of likely N-dealkylation sites (N-methyl/N-ethyl adjacent to an activating group) is 1. The SMILES string of the molecule is CNCc1cc(F)ccc1OCC(=O)NC. The summed E-state index contributed by atoms with van der Waals surface area (Å²) in [5.74, 6) is -0.0309. The lowest BCUT2D eigenvalue weighted by Gasteiger charge is -2.10. The lowest BCUT2D eigenvalue weighted by Crippen LogP contribution is -2.25. The molecule has 0 atom stereocenters. The Kier molecular flexibility index (Phi) is 4.72. The van der Waals surface area contributed by atoms with E-state index in [1.807, 2.05) is 0 Å². The predicted molar refractivity (Wildman–Crippen MR) is 58.7 cm³/mol. The van der Waals surface area contributed by atoms with Crippen molar-refractivity contribution >= 4 is 5.91 Å². The first-order chi connectivity index (χ1) is 7.67. The highest BCUT2D eigenvalue weighted by molar-refractivity contribution is 5.77. The summed E-state index contributed by atoms with van der Waals surface area (Å²) in [5.41, 5.74) is 0.686. The van der Waals surface area contributed by atoms with Crippen LogP contribution in [0, 0.1) is 5.82 Å². The minimum absolute atomic E-state index is 0.0706. The molecule has 0 aliphatic rings. The molecule has 0 heterocycles. The van der Waals surface area contributed by atoms with E-state index in [9.17, 15) is 9.18 Å². The summed E-state index contributed by atoms with van der Waals surface area (Å²) in [6.45, 7) is 0.416. The summed E-state index contributed by atoms with van der Waals surface area (Å²) in [7, 11) is 3.29. The zero-order valence-electron chi connectivity index (χ0n) is 9.34. The van der Waals surface area contributed by atoms with E-state index in [-0.39, 0.29) is 18.3 Å². The summed E-state index contributed by atoms with van der Waals surface area (Å²) in [6.07, 6.45) is 0. The summed E-state index contributed by atoms with van der Waals surface area (Å²) in [6, 6.07) is 4.21. The molecule has 16 heavy (non-hydrogen) atoms. The molecule has 4 nitrogen and oxygen atoms in total. The number of nitrogens with one attached hydrogen (secondary N) is 2. The first-order valence-corrected chi connectivity index (χ1v) is 4.93. The number of halogens is 1. The number of amides is 1. The molecule has 1 amide bonds. The highest BCUT2D eigenvalue weighted by Crippen LogP contribution is 2.19. The Morgan fingerprint density at radius 1 is 1.44 bits per heavy atom. The van der Waals surface area contributed by atoms with Gasteiger partial charge in [-0.15, -0.1) is 0 Å². The van der Waals surface area contributed by atoms with Gasteiger partial charge in [0.05, 0.1) is 0 Å². The van der Waals surface area contributed by atoms with Crippen molar-refractivity contribution < 1.29 is 13.9 Å². The largest absolute Gasteiger partial charge is 0.483 e. The number of benzene rings is 1. The fourth-order valence-electron chi connectivity index (χ4n) is 1.23. The quantitative estimate of drug-likeness (QED) is 0.776. The normalized spacial score (nSPS) is 9.94. The molecule has 0 fully saturated rings. The standard InChI is InChI=1S/C11H15FN2O2/c1-13-6-8-5-9(12)3-4-10(8)16-7-11(15)14-2/h3-5,13H,6-7H2,1-2H3,(H,14,15). The first-order valence-electron chi connectivity index (χ1n) is 4.93. The fraction of sp³-hybridized carbons (Fsp3) is 0.364. The maximum Gasteiger partial charge on any atom is 0.257 e. The Hall–Kier alpha value is -1.62.